The van der Waals surface area contributed by atoms with E-state index in [0.717, 1.165) is 30.0 Å². The van der Waals surface area contributed by atoms with Gasteiger partial charge in [-0.3, -0.25) is 9.78 Å². The number of hydrogen-bond acceptors (Lipinski definition) is 4. The standard InChI is InChI=1S/C24H20N4O/c1-16-4-5-18-14-19-10-12-28(23(19)27-22(18)13-16)21-8-6-17(7-9-21)24(29)26-20-3-2-11-25-15-20/h2-9,11,13-15H,10,12H2,1H3,(H,26,29). The largest absolute Gasteiger partial charge is 0.326 e. The number of pyridine rings is 2. The van der Waals surface area contributed by atoms with Crippen molar-refractivity contribution in [3.63, 3.8) is 0 Å². The van der Waals surface area contributed by atoms with Crippen LogP contribution < -0.4 is 10.2 Å². The summed E-state index contributed by atoms with van der Waals surface area (Å²) in [6.07, 6.45) is 4.28. The Morgan fingerprint density at radius 1 is 1.07 bits per heavy atom. The van der Waals surface area contributed by atoms with Gasteiger partial charge in [-0.05, 0) is 73.0 Å². The summed E-state index contributed by atoms with van der Waals surface area (Å²) in [7, 11) is 0. The molecule has 29 heavy (non-hydrogen) atoms. The van der Waals surface area contributed by atoms with E-state index in [-0.39, 0.29) is 5.91 Å². The fourth-order valence-corrected chi connectivity index (χ4v) is 3.75. The van der Waals surface area contributed by atoms with Gasteiger partial charge in [0.05, 0.1) is 17.4 Å². The highest BCUT2D eigenvalue weighted by atomic mass is 16.1. The van der Waals surface area contributed by atoms with Gasteiger partial charge in [0, 0.05) is 29.4 Å². The Morgan fingerprint density at radius 3 is 2.72 bits per heavy atom. The minimum atomic E-state index is -0.147. The average molecular weight is 380 g/mol. The Labute approximate surface area is 169 Å². The molecule has 0 unspecified atom stereocenters. The molecule has 0 spiro atoms. The van der Waals surface area contributed by atoms with Crippen molar-refractivity contribution in [3.8, 4) is 0 Å². The number of carbonyl (C=O) groups is 1. The second-order valence-electron chi connectivity index (χ2n) is 7.31. The zero-order valence-corrected chi connectivity index (χ0v) is 16.1. The molecule has 2 aromatic heterocycles. The molecule has 3 heterocycles. The van der Waals surface area contributed by atoms with E-state index in [9.17, 15) is 4.79 Å². The molecule has 0 fully saturated rings. The Morgan fingerprint density at radius 2 is 1.93 bits per heavy atom. The van der Waals surface area contributed by atoms with Crippen molar-refractivity contribution in [1.29, 1.82) is 0 Å². The Balaban J connectivity index is 1.41. The summed E-state index contributed by atoms with van der Waals surface area (Å²) in [5.74, 6) is 0.863. The summed E-state index contributed by atoms with van der Waals surface area (Å²) >= 11 is 0. The lowest BCUT2D eigenvalue weighted by Gasteiger charge is -2.19. The first-order valence-electron chi connectivity index (χ1n) is 9.67. The summed E-state index contributed by atoms with van der Waals surface area (Å²) in [5.41, 5.74) is 5.82. The van der Waals surface area contributed by atoms with Crippen LogP contribution in [0.4, 0.5) is 17.2 Å². The third-order valence-corrected chi connectivity index (χ3v) is 5.25. The molecule has 0 radical (unpaired) electrons. The van der Waals surface area contributed by atoms with Crippen LogP contribution in [-0.4, -0.2) is 22.4 Å². The van der Waals surface area contributed by atoms with E-state index in [4.69, 9.17) is 4.98 Å². The van der Waals surface area contributed by atoms with Gasteiger partial charge in [0.2, 0.25) is 0 Å². The maximum absolute atomic E-state index is 12.5. The molecule has 0 bridgehead atoms. The van der Waals surface area contributed by atoms with Gasteiger partial charge < -0.3 is 10.2 Å². The molecule has 4 aromatic rings. The monoisotopic (exact) mass is 380 g/mol. The van der Waals surface area contributed by atoms with Gasteiger partial charge in [0.1, 0.15) is 5.82 Å². The van der Waals surface area contributed by atoms with E-state index in [1.807, 2.05) is 30.3 Å². The Kier molecular flexibility index (Phi) is 4.21. The Hall–Kier alpha value is -3.73. The number of carbonyl (C=O) groups excluding carboxylic acids is 1. The van der Waals surface area contributed by atoms with E-state index in [2.05, 4.69) is 46.4 Å². The van der Waals surface area contributed by atoms with Crippen molar-refractivity contribution in [2.75, 3.05) is 16.8 Å². The fourth-order valence-electron chi connectivity index (χ4n) is 3.75. The molecule has 5 heteroatoms. The summed E-state index contributed by atoms with van der Waals surface area (Å²) in [5, 5.41) is 4.04. The van der Waals surface area contributed by atoms with Gasteiger partial charge in [0.25, 0.3) is 5.91 Å². The molecule has 142 valence electrons. The van der Waals surface area contributed by atoms with Crippen LogP contribution in [0, 0.1) is 6.92 Å². The van der Waals surface area contributed by atoms with Gasteiger partial charge >= 0.3 is 0 Å². The van der Waals surface area contributed by atoms with Crippen LogP contribution in [-0.2, 0) is 6.42 Å². The van der Waals surface area contributed by atoms with Gasteiger partial charge in [-0.2, -0.15) is 0 Å². The molecule has 0 aliphatic carbocycles. The van der Waals surface area contributed by atoms with Gasteiger partial charge in [-0.25, -0.2) is 4.98 Å². The molecular formula is C24H20N4O. The number of anilines is 3. The second-order valence-corrected chi connectivity index (χ2v) is 7.31. The number of rotatable bonds is 3. The second kappa shape index (κ2) is 7.02. The number of benzene rings is 2. The van der Waals surface area contributed by atoms with E-state index < -0.39 is 0 Å². The van der Waals surface area contributed by atoms with E-state index >= 15 is 0 Å². The van der Waals surface area contributed by atoms with Crippen molar-refractivity contribution in [2.24, 2.45) is 0 Å². The maximum atomic E-state index is 12.5. The number of aryl methyl sites for hydroxylation is 1. The third-order valence-electron chi connectivity index (χ3n) is 5.25. The molecule has 1 amide bonds. The summed E-state index contributed by atoms with van der Waals surface area (Å²) in [6.45, 7) is 2.97. The van der Waals surface area contributed by atoms with Gasteiger partial charge in [0.15, 0.2) is 0 Å². The smallest absolute Gasteiger partial charge is 0.255 e. The number of nitrogens with one attached hydrogen (secondary N) is 1. The molecule has 5 rings (SSSR count). The summed E-state index contributed by atoms with van der Waals surface area (Å²) in [6, 6.07) is 19.9. The van der Waals surface area contributed by atoms with Crippen LogP contribution in [0.5, 0.6) is 0 Å². The van der Waals surface area contributed by atoms with Crippen molar-refractivity contribution >= 4 is 34.0 Å². The van der Waals surface area contributed by atoms with Crippen LogP contribution in [0.2, 0.25) is 0 Å². The minimum Gasteiger partial charge on any atom is -0.326 e. The number of fused-ring (bicyclic) bond motifs is 2. The minimum absolute atomic E-state index is 0.147. The predicted molar refractivity (Wildman–Crippen MR) is 116 cm³/mol. The van der Waals surface area contributed by atoms with Crippen LogP contribution >= 0.6 is 0 Å². The number of hydrogen-bond donors (Lipinski definition) is 1. The zero-order valence-electron chi connectivity index (χ0n) is 16.1. The van der Waals surface area contributed by atoms with Crippen molar-refractivity contribution in [2.45, 2.75) is 13.3 Å². The highest BCUT2D eigenvalue weighted by Gasteiger charge is 2.23. The first kappa shape index (κ1) is 17.4. The molecule has 0 atom stereocenters. The number of aromatic nitrogens is 2. The molecule has 2 aromatic carbocycles. The Bertz CT molecular complexity index is 1200. The number of amides is 1. The lowest BCUT2D eigenvalue weighted by molar-refractivity contribution is 0.102. The van der Waals surface area contributed by atoms with E-state index in [1.54, 1.807) is 18.5 Å². The zero-order chi connectivity index (χ0) is 19.8. The van der Waals surface area contributed by atoms with Gasteiger partial charge in [-0.15, -0.1) is 0 Å². The summed E-state index contributed by atoms with van der Waals surface area (Å²) < 4.78 is 0. The van der Waals surface area contributed by atoms with Crippen molar-refractivity contribution < 1.29 is 4.79 Å². The summed E-state index contributed by atoms with van der Waals surface area (Å²) in [4.78, 5) is 23.6. The SMILES string of the molecule is Cc1ccc2cc3c(nc2c1)N(c1ccc(C(=O)Nc2cccnc2)cc1)CC3. The van der Waals surface area contributed by atoms with Crippen molar-refractivity contribution in [3.05, 3.63) is 89.7 Å². The first-order chi connectivity index (χ1) is 14.2. The molecule has 0 saturated carbocycles. The van der Waals surface area contributed by atoms with Crippen LogP contribution in [0.15, 0.2) is 73.1 Å². The molecule has 5 nitrogen and oxygen atoms in total. The van der Waals surface area contributed by atoms with Crippen LogP contribution in [0.1, 0.15) is 21.5 Å². The van der Waals surface area contributed by atoms with E-state index in [1.165, 1.54) is 16.5 Å². The third kappa shape index (κ3) is 3.31. The number of nitrogens with zero attached hydrogens (tertiary/aromatic N) is 3. The highest BCUT2D eigenvalue weighted by molar-refractivity contribution is 6.04. The fraction of sp³-hybridized carbons (Fsp3) is 0.125. The predicted octanol–water partition coefficient (Wildman–Crippen LogP) is 4.88. The average Bonchev–Trinajstić information content (AvgIpc) is 3.15. The molecular weight excluding hydrogens is 360 g/mol. The quantitative estimate of drug-likeness (QED) is 0.550. The molecule has 1 N–H and O–H groups in total. The molecule has 1 aliphatic heterocycles. The molecule has 1 aliphatic rings. The lowest BCUT2D eigenvalue weighted by atomic mass is 10.1. The van der Waals surface area contributed by atoms with Crippen LogP contribution in [0.25, 0.3) is 10.9 Å². The van der Waals surface area contributed by atoms with Crippen LogP contribution in [0.3, 0.4) is 0 Å². The van der Waals surface area contributed by atoms with Gasteiger partial charge in [-0.1, -0.05) is 12.1 Å². The molecule has 0 saturated heterocycles. The topological polar surface area (TPSA) is 58.1 Å². The normalized spacial score (nSPS) is 12.8. The first-order valence-corrected chi connectivity index (χ1v) is 9.67. The van der Waals surface area contributed by atoms with E-state index in [0.29, 0.717) is 11.3 Å². The maximum Gasteiger partial charge on any atom is 0.255 e. The van der Waals surface area contributed by atoms with Crippen molar-refractivity contribution in [1.82, 2.24) is 9.97 Å². The lowest BCUT2D eigenvalue weighted by Crippen LogP contribution is -2.15. The highest BCUT2D eigenvalue weighted by Crippen LogP contribution is 2.35.